The number of nitrogens with one attached hydrogen (secondary N) is 2. The number of amides is 2. The molecule has 134 valence electrons. The summed E-state index contributed by atoms with van der Waals surface area (Å²) in [6.07, 6.45) is 4.58. The molecule has 3 heterocycles. The van der Waals surface area contributed by atoms with Crippen LogP contribution in [0.4, 0.5) is 4.79 Å². The van der Waals surface area contributed by atoms with E-state index in [-0.39, 0.29) is 29.6 Å². The Balaban J connectivity index is 1.78. The van der Waals surface area contributed by atoms with E-state index in [1.54, 1.807) is 0 Å². The minimum Gasteiger partial charge on any atom is -0.334 e. The number of hydrogen-bond donors (Lipinski definition) is 2. The molecule has 0 aromatic carbocycles. The maximum Gasteiger partial charge on any atom is 0.318 e. The van der Waals surface area contributed by atoms with Crippen molar-refractivity contribution >= 4 is 15.9 Å². The molecular formula is C16H26N4O3S. The van der Waals surface area contributed by atoms with Crippen molar-refractivity contribution in [2.24, 2.45) is 0 Å². The Kier molecular flexibility index (Phi) is 4.85. The SMILES string of the molecule is Cc1n[nH]c(C)c1[C@H]1CCCCCN1C(=O)N[C@H]1CCS(=O)(=O)C1. The molecule has 0 radical (unpaired) electrons. The third-order valence-corrected chi connectivity index (χ3v) is 6.86. The zero-order chi connectivity index (χ0) is 17.3. The topological polar surface area (TPSA) is 95.2 Å². The van der Waals surface area contributed by atoms with E-state index in [1.165, 1.54) is 0 Å². The first-order valence-electron chi connectivity index (χ1n) is 8.66. The van der Waals surface area contributed by atoms with Crippen molar-refractivity contribution in [1.82, 2.24) is 20.4 Å². The number of aromatic amines is 1. The van der Waals surface area contributed by atoms with Gasteiger partial charge in [-0.2, -0.15) is 5.10 Å². The summed E-state index contributed by atoms with van der Waals surface area (Å²) in [4.78, 5) is 14.7. The fourth-order valence-corrected chi connectivity index (χ4v) is 5.54. The van der Waals surface area contributed by atoms with Crippen LogP contribution in [-0.2, 0) is 9.84 Å². The second-order valence-corrected chi connectivity index (χ2v) is 9.18. The van der Waals surface area contributed by atoms with Crippen molar-refractivity contribution in [2.45, 2.75) is 58.0 Å². The number of aryl methyl sites for hydroxylation is 2. The third-order valence-electron chi connectivity index (χ3n) is 5.09. The van der Waals surface area contributed by atoms with Gasteiger partial charge in [-0.25, -0.2) is 13.2 Å². The number of carbonyl (C=O) groups is 1. The molecule has 2 saturated heterocycles. The highest BCUT2D eigenvalue weighted by Crippen LogP contribution is 2.33. The standard InChI is InChI=1S/C16H26N4O3S/c1-11-15(12(2)19-18-11)14-6-4-3-5-8-20(14)16(21)17-13-7-9-24(22,23)10-13/h13-14H,3-10H2,1-2H3,(H,17,21)(H,18,19)/t13-,14+/m0/s1. The lowest BCUT2D eigenvalue weighted by Crippen LogP contribution is -2.47. The average molecular weight is 354 g/mol. The summed E-state index contributed by atoms with van der Waals surface area (Å²) in [5, 5.41) is 10.2. The van der Waals surface area contributed by atoms with Crippen LogP contribution in [0.1, 0.15) is 55.1 Å². The maximum atomic E-state index is 12.8. The molecule has 2 fully saturated rings. The molecule has 2 amide bonds. The molecule has 24 heavy (non-hydrogen) atoms. The first-order valence-corrected chi connectivity index (χ1v) is 10.5. The number of rotatable bonds is 2. The van der Waals surface area contributed by atoms with Gasteiger partial charge in [-0.05, 0) is 33.1 Å². The van der Waals surface area contributed by atoms with Crippen molar-refractivity contribution in [3.8, 4) is 0 Å². The predicted octanol–water partition coefficient (Wildman–Crippen LogP) is 1.84. The first kappa shape index (κ1) is 17.3. The molecule has 0 spiro atoms. The summed E-state index contributed by atoms with van der Waals surface area (Å²) in [5.74, 6) is 0.225. The molecule has 2 atom stereocenters. The fraction of sp³-hybridized carbons (Fsp3) is 0.750. The van der Waals surface area contributed by atoms with Gasteiger partial charge in [-0.3, -0.25) is 5.10 Å². The normalized spacial score (nSPS) is 27.0. The Morgan fingerprint density at radius 2 is 2.04 bits per heavy atom. The average Bonchev–Trinajstić information content (AvgIpc) is 2.91. The monoisotopic (exact) mass is 354 g/mol. The highest BCUT2D eigenvalue weighted by molar-refractivity contribution is 7.91. The van der Waals surface area contributed by atoms with Gasteiger partial charge in [-0.1, -0.05) is 12.8 Å². The van der Waals surface area contributed by atoms with Crippen molar-refractivity contribution in [3.05, 3.63) is 17.0 Å². The number of carbonyl (C=O) groups excluding carboxylic acids is 1. The minimum absolute atomic E-state index is 0.00394. The van der Waals surface area contributed by atoms with Gasteiger partial charge in [0.2, 0.25) is 0 Å². The van der Waals surface area contributed by atoms with E-state index in [0.717, 1.165) is 42.6 Å². The van der Waals surface area contributed by atoms with Crippen LogP contribution in [0.3, 0.4) is 0 Å². The number of H-pyrrole nitrogens is 1. The van der Waals surface area contributed by atoms with Crippen LogP contribution >= 0.6 is 0 Å². The Hall–Kier alpha value is -1.57. The van der Waals surface area contributed by atoms with E-state index in [0.29, 0.717) is 13.0 Å². The summed E-state index contributed by atoms with van der Waals surface area (Å²) in [5.41, 5.74) is 3.03. The molecule has 3 rings (SSSR count). The summed E-state index contributed by atoms with van der Waals surface area (Å²) in [6.45, 7) is 4.64. The summed E-state index contributed by atoms with van der Waals surface area (Å²) in [7, 11) is -3.00. The van der Waals surface area contributed by atoms with E-state index < -0.39 is 9.84 Å². The highest BCUT2D eigenvalue weighted by Gasteiger charge is 2.34. The molecule has 1 aromatic rings. The molecule has 1 aromatic heterocycles. The number of hydrogen-bond acceptors (Lipinski definition) is 4. The van der Waals surface area contributed by atoms with Gasteiger partial charge in [-0.15, -0.1) is 0 Å². The van der Waals surface area contributed by atoms with E-state index in [4.69, 9.17) is 0 Å². The van der Waals surface area contributed by atoms with Crippen LogP contribution in [-0.4, -0.2) is 53.6 Å². The number of likely N-dealkylation sites (tertiary alicyclic amines) is 1. The summed E-state index contributed by atoms with van der Waals surface area (Å²) >= 11 is 0. The number of nitrogens with zero attached hydrogens (tertiary/aromatic N) is 2. The third kappa shape index (κ3) is 3.58. The predicted molar refractivity (Wildman–Crippen MR) is 91.6 cm³/mol. The van der Waals surface area contributed by atoms with Gasteiger partial charge in [0.1, 0.15) is 0 Å². The zero-order valence-electron chi connectivity index (χ0n) is 14.3. The molecule has 0 unspecified atom stereocenters. The van der Waals surface area contributed by atoms with Crippen LogP contribution in [0.2, 0.25) is 0 Å². The molecular weight excluding hydrogens is 328 g/mol. The Labute approximate surface area is 143 Å². The van der Waals surface area contributed by atoms with Gasteiger partial charge in [0.05, 0.1) is 23.2 Å². The summed E-state index contributed by atoms with van der Waals surface area (Å²) < 4.78 is 23.2. The second-order valence-electron chi connectivity index (χ2n) is 6.96. The van der Waals surface area contributed by atoms with Gasteiger partial charge in [0, 0.05) is 23.8 Å². The lowest BCUT2D eigenvalue weighted by molar-refractivity contribution is 0.172. The maximum absolute atomic E-state index is 12.8. The molecule has 0 aliphatic carbocycles. The second kappa shape index (κ2) is 6.74. The van der Waals surface area contributed by atoms with Crippen molar-refractivity contribution < 1.29 is 13.2 Å². The molecule has 0 saturated carbocycles. The van der Waals surface area contributed by atoms with Crippen molar-refractivity contribution in [3.63, 3.8) is 0 Å². The van der Waals surface area contributed by atoms with Crippen LogP contribution in [0, 0.1) is 13.8 Å². The Morgan fingerprint density at radius 3 is 2.67 bits per heavy atom. The van der Waals surface area contributed by atoms with E-state index in [1.807, 2.05) is 18.7 Å². The molecule has 2 N–H and O–H groups in total. The van der Waals surface area contributed by atoms with Gasteiger partial charge < -0.3 is 10.2 Å². The largest absolute Gasteiger partial charge is 0.334 e. The Morgan fingerprint density at radius 1 is 1.25 bits per heavy atom. The van der Waals surface area contributed by atoms with E-state index >= 15 is 0 Å². The minimum atomic E-state index is -3.00. The lowest BCUT2D eigenvalue weighted by atomic mass is 9.99. The van der Waals surface area contributed by atoms with E-state index in [2.05, 4.69) is 15.5 Å². The quantitative estimate of drug-likeness (QED) is 0.847. The zero-order valence-corrected chi connectivity index (χ0v) is 15.2. The number of sulfone groups is 1. The molecule has 0 bridgehead atoms. The molecule has 2 aliphatic heterocycles. The van der Waals surface area contributed by atoms with Gasteiger partial charge >= 0.3 is 6.03 Å². The van der Waals surface area contributed by atoms with E-state index in [9.17, 15) is 13.2 Å². The molecule has 8 heteroatoms. The van der Waals surface area contributed by atoms with Crippen LogP contribution < -0.4 is 5.32 Å². The molecule has 7 nitrogen and oxygen atoms in total. The van der Waals surface area contributed by atoms with Crippen molar-refractivity contribution in [1.29, 1.82) is 0 Å². The van der Waals surface area contributed by atoms with Crippen LogP contribution in [0.5, 0.6) is 0 Å². The smallest absolute Gasteiger partial charge is 0.318 e. The van der Waals surface area contributed by atoms with Gasteiger partial charge in [0.25, 0.3) is 0 Å². The van der Waals surface area contributed by atoms with Crippen LogP contribution in [0.25, 0.3) is 0 Å². The lowest BCUT2D eigenvalue weighted by Gasteiger charge is -2.31. The number of urea groups is 1. The van der Waals surface area contributed by atoms with Crippen LogP contribution in [0.15, 0.2) is 0 Å². The molecule has 2 aliphatic rings. The first-order chi connectivity index (χ1) is 11.4. The fourth-order valence-electron chi connectivity index (χ4n) is 3.87. The van der Waals surface area contributed by atoms with Crippen molar-refractivity contribution in [2.75, 3.05) is 18.1 Å². The summed E-state index contributed by atoms with van der Waals surface area (Å²) in [6, 6.07) is -0.411. The highest BCUT2D eigenvalue weighted by atomic mass is 32.2. The Bertz CT molecular complexity index is 693. The number of aromatic nitrogens is 2. The van der Waals surface area contributed by atoms with Gasteiger partial charge in [0.15, 0.2) is 9.84 Å².